The molecule has 0 amide bonds. The van der Waals surface area contributed by atoms with Crippen molar-refractivity contribution in [1.29, 1.82) is 0 Å². The highest BCUT2D eigenvalue weighted by molar-refractivity contribution is 5.84. The molecule has 34 heavy (non-hydrogen) atoms. The van der Waals surface area contributed by atoms with Crippen LogP contribution in [0.25, 0.3) is 10.8 Å². The van der Waals surface area contributed by atoms with Gasteiger partial charge < -0.3 is 14.2 Å². The first-order chi connectivity index (χ1) is 16.5. The molecule has 4 rings (SSSR count). The molecule has 180 valence electrons. The van der Waals surface area contributed by atoms with Crippen LogP contribution in [0, 0.1) is 0 Å². The Morgan fingerprint density at radius 3 is 1.38 bits per heavy atom. The molecule has 0 spiro atoms. The fourth-order valence-electron chi connectivity index (χ4n) is 3.45. The quantitative estimate of drug-likeness (QED) is 0.291. The molecule has 0 bridgehead atoms. The Kier molecular flexibility index (Phi) is 11.0. The van der Waals surface area contributed by atoms with E-state index in [0.717, 1.165) is 23.7 Å². The van der Waals surface area contributed by atoms with Crippen molar-refractivity contribution in [2.45, 2.75) is 40.0 Å². The van der Waals surface area contributed by atoms with Crippen LogP contribution in [0.15, 0.2) is 84.9 Å². The molecule has 0 heterocycles. The van der Waals surface area contributed by atoms with Gasteiger partial charge in [-0.3, -0.25) is 0 Å². The van der Waals surface area contributed by atoms with Gasteiger partial charge in [0.25, 0.3) is 0 Å². The molecule has 0 aliphatic rings. The number of methoxy groups -OCH3 is 3. The second kappa shape index (κ2) is 13.9. The van der Waals surface area contributed by atoms with Gasteiger partial charge in [-0.05, 0) is 76.2 Å². The molecule has 3 heteroatoms. The third-order valence-electron chi connectivity index (χ3n) is 5.46. The van der Waals surface area contributed by atoms with Gasteiger partial charge in [0.2, 0.25) is 0 Å². The third-order valence-corrected chi connectivity index (χ3v) is 5.46. The Hall–Kier alpha value is -3.46. The van der Waals surface area contributed by atoms with Crippen LogP contribution in [-0.2, 0) is 6.42 Å². The molecular formula is C31H38O3. The molecule has 0 atom stereocenters. The summed E-state index contributed by atoms with van der Waals surface area (Å²) in [4.78, 5) is 0. The van der Waals surface area contributed by atoms with Crippen molar-refractivity contribution < 1.29 is 14.2 Å². The predicted octanol–water partition coefficient (Wildman–Crippen LogP) is 8.29. The molecule has 0 saturated heterocycles. The van der Waals surface area contributed by atoms with Gasteiger partial charge in [0.1, 0.15) is 17.2 Å². The fraction of sp³-hybridized carbons (Fsp3) is 0.290. The van der Waals surface area contributed by atoms with Crippen molar-refractivity contribution in [3.63, 3.8) is 0 Å². The summed E-state index contributed by atoms with van der Waals surface area (Å²) in [6.07, 6.45) is 0.925. The zero-order chi connectivity index (χ0) is 24.9. The van der Waals surface area contributed by atoms with Crippen LogP contribution in [0.5, 0.6) is 17.2 Å². The summed E-state index contributed by atoms with van der Waals surface area (Å²) in [7, 11) is 5.06. The van der Waals surface area contributed by atoms with Gasteiger partial charge in [0.05, 0.1) is 21.3 Å². The van der Waals surface area contributed by atoms with Gasteiger partial charge >= 0.3 is 0 Å². The van der Waals surface area contributed by atoms with E-state index in [1.54, 1.807) is 21.3 Å². The van der Waals surface area contributed by atoms with Crippen molar-refractivity contribution in [2.75, 3.05) is 21.3 Å². The average molecular weight is 459 g/mol. The van der Waals surface area contributed by atoms with E-state index in [9.17, 15) is 0 Å². The van der Waals surface area contributed by atoms with Crippen molar-refractivity contribution >= 4 is 10.8 Å². The summed E-state index contributed by atoms with van der Waals surface area (Å²) in [5.74, 6) is 3.28. The summed E-state index contributed by atoms with van der Waals surface area (Å²) in [5, 5.41) is 2.51. The Morgan fingerprint density at radius 2 is 0.941 bits per heavy atom. The van der Waals surface area contributed by atoms with E-state index in [0.29, 0.717) is 5.92 Å². The molecule has 0 unspecified atom stereocenters. The average Bonchev–Trinajstić information content (AvgIpc) is 2.90. The van der Waals surface area contributed by atoms with Crippen LogP contribution in [0.1, 0.15) is 50.3 Å². The smallest absolute Gasteiger partial charge is 0.119 e. The number of hydrogen-bond acceptors (Lipinski definition) is 3. The van der Waals surface area contributed by atoms with E-state index in [2.05, 4.69) is 68.4 Å². The number of ether oxygens (including phenoxy) is 3. The van der Waals surface area contributed by atoms with Gasteiger partial charge in [0, 0.05) is 0 Å². The molecule has 0 aliphatic heterocycles. The Bertz CT molecular complexity index is 1070. The number of rotatable bonds is 6. The first-order valence-corrected chi connectivity index (χ1v) is 11.9. The molecular weight excluding hydrogens is 420 g/mol. The SMILES string of the molecule is CC.COc1ccc(Cc2ccc(OC)cc2)cc1.COc1ccc2cc(C(C)C)ccc2c1. The molecule has 0 fully saturated rings. The minimum atomic E-state index is 0.580. The summed E-state index contributed by atoms with van der Waals surface area (Å²) < 4.78 is 15.5. The fourth-order valence-corrected chi connectivity index (χ4v) is 3.45. The van der Waals surface area contributed by atoms with Gasteiger partial charge in [-0.2, -0.15) is 0 Å². The second-order valence-corrected chi connectivity index (χ2v) is 8.00. The zero-order valence-electron chi connectivity index (χ0n) is 21.6. The first-order valence-electron chi connectivity index (χ1n) is 11.9. The lowest BCUT2D eigenvalue weighted by atomic mass is 9.99. The lowest BCUT2D eigenvalue weighted by Crippen LogP contribution is -1.89. The van der Waals surface area contributed by atoms with Crippen LogP contribution in [0.3, 0.4) is 0 Å². The van der Waals surface area contributed by atoms with Crippen molar-refractivity contribution in [3.05, 3.63) is 102 Å². The summed E-state index contributed by atoms with van der Waals surface area (Å²) in [6.45, 7) is 8.43. The van der Waals surface area contributed by atoms with E-state index in [-0.39, 0.29) is 0 Å². The van der Waals surface area contributed by atoms with Crippen LogP contribution in [0.2, 0.25) is 0 Å². The molecule has 4 aromatic rings. The highest BCUT2D eigenvalue weighted by Crippen LogP contribution is 2.24. The van der Waals surface area contributed by atoms with Crippen molar-refractivity contribution in [3.8, 4) is 17.2 Å². The lowest BCUT2D eigenvalue weighted by Gasteiger charge is -2.07. The highest BCUT2D eigenvalue weighted by Gasteiger charge is 2.01. The van der Waals surface area contributed by atoms with Gasteiger partial charge in [0.15, 0.2) is 0 Å². The maximum absolute atomic E-state index is 5.20. The van der Waals surface area contributed by atoms with Crippen molar-refractivity contribution in [2.24, 2.45) is 0 Å². The summed E-state index contributed by atoms with van der Waals surface area (Å²) >= 11 is 0. The highest BCUT2D eigenvalue weighted by atomic mass is 16.5. The molecule has 0 N–H and O–H groups in total. The van der Waals surface area contributed by atoms with Crippen LogP contribution in [0.4, 0.5) is 0 Å². The summed E-state index contributed by atoms with van der Waals surface area (Å²) in [6, 6.07) is 29.1. The Morgan fingerprint density at radius 1 is 0.529 bits per heavy atom. The Balaban J connectivity index is 0.000000225. The van der Waals surface area contributed by atoms with E-state index < -0.39 is 0 Å². The number of hydrogen-bond donors (Lipinski definition) is 0. The predicted molar refractivity (Wildman–Crippen MR) is 145 cm³/mol. The maximum Gasteiger partial charge on any atom is 0.119 e. The molecule has 0 radical (unpaired) electrons. The van der Waals surface area contributed by atoms with Gasteiger partial charge in [-0.1, -0.05) is 76.2 Å². The van der Waals surface area contributed by atoms with Crippen LogP contribution < -0.4 is 14.2 Å². The van der Waals surface area contributed by atoms with E-state index >= 15 is 0 Å². The molecule has 0 aliphatic carbocycles. The topological polar surface area (TPSA) is 27.7 Å². The zero-order valence-corrected chi connectivity index (χ0v) is 21.6. The van der Waals surface area contributed by atoms with Crippen LogP contribution >= 0.6 is 0 Å². The van der Waals surface area contributed by atoms with Gasteiger partial charge in [-0.25, -0.2) is 0 Å². The largest absolute Gasteiger partial charge is 0.497 e. The molecule has 3 nitrogen and oxygen atoms in total. The molecule has 0 aromatic heterocycles. The molecule has 4 aromatic carbocycles. The number of benzene rings is 4. The van der Waals surface area contributed by atoms with E-state index in [1.165, 1.54) is 27.5 Å². The monoisotopic (exact) mass is 458 g/mol. The Labute approximate surface area is 205 Å². The second-order valence-electron chi connectivity index (χ2n) is 8.00. The van der Waals surface area contributed by atoms with E-state index in [1.807, 2.05) is 44.2 Å². The summed E-state index contributed by atoms with van der Waals surface area (Å²) in [5.41, 5.74) is 3.93. The van der Waals surface area contributed by atoms with Crippen molar-refractivity contribution in [1.82, 2.24) is 0 Å². The molecule has 0 saturated carbocycles. The normalized spacial score (nSPS) is 10.0. The van der Waals surface area contributed by atoms with Crippen LogP contribution in [-0.4, -0.2) is 21.3 Å². The first kappa shape index (κ1) is 26.8. The lowest BCUT2D eigenvalue weighted by molar-refractivity contribution is 0.414. The minimum absolute atomic E-state index is 0.580. The standard InChI is InChI=1S/C15H16O2.C14H16O.C2H6/c1-16-14-7-3-12(4-8-14)11-13-5-9-15(17-2)10-6-13;1-10(2)11-4-5-13-9-14(15-3)7-6-12(13)8-11;1-2/h3-10H,11H2,1-2H3;4-10H,1-3H3;1-2H3. The number of fused-ring (bicyclic) bond motifs is 1. The van der Waals surface area contributed by atoms with Gasteiger partial charge in [-0.15, -0.1) is 0 Å². The minimum Gasteiger partial charge on any atom is -0.497 e. The maximum atomic E-state index is 5.20. The van der Waals surface area contributed by atoms with E-state index in [4.69, 9.17) is 14.2 Å². The third kappa shape index (κ3) is 7.84.